The van der Waals surface area contributed by atoms with E-state index in [0.29, 0.717) is 12.3 Å². The van der Waals surface area contributed by atoms with Crippen LogP contribution in [0.5, 0.6) is 0 Å². The Morgan fingerprint density at radius 2 is 2.41 bits per heavy atom. The number of carbonyl (C=O) groups is 1. The van der Waals surface area contributed by atoms with Gasteiger partial charge < -0.3 is 15.1 Å². The van der Waals surface area contributed by atoms with Crippen LogP contribution in [0, 0.1) is 5.41 Å². The molecule has 0 radical (unpaired) electrons. The fourth-order valence-corrected chi connectivity index (χ4v) is 2.44. The zero-order valence-corrected chi connectivity index (χ0v) is 11.0. The molecule has 4 nitrogen and oxygen atoms in total. The van der Waals surface area contributed by atoms with E-state index in [2.05, 4.69) is 6.92 Å². The fourth-order valence-electron chi connectivity index (χ4n) is 2.06. The molecule has 2 rings (SSSR count). The predicted molar refractivity (Wildman–Crippen MR) is 68.2 cm³/mol. The molecule has 5 heteroatoms. The van der Waals surface area contributed by atoms with E-state index in [-0.39, 0.29) is 11.3 Å². The van der Waals surface area contributed by atoms with Gasteiger partial charge in [-0.25, -0.2) is 0 Å². The van der Waals surface area contributed by atoms with Gasteiger partial charge in [0.1, 0.15) is 0 Å². The first-order chi connectivity index (χ1) is 8.08. The van der Waals surface area contributed by atoms with Crippen LogP contribution < -0.4 is 5.73 Å². The second-order valence-electron chi connectivity index (χ2n) is 4.81. The molecule has 0 saturated carbocycles. The Kier molecular flexibility index (Phi) is 3.49. The van der Waals surface area contributed by atoms with Gasteiger partial charge in [-0.1, -0.05) is 18.7 Å². The molecule has 1 amide bonds. The quantitative estimate of drug-likeness (QED) is 0.836. The first kappa shape index (κ1) is 12.5. The van der Waals surface area contributed by atoms with Gasteiger partial charge in [-0.05, 0) is 36.8 Å². The highest BCUT2D eigenvalue weighted by Gasteiger charge is 2.35. The second-order valence-corrected chi connectivity index (χ2v) is 5.62. The summed E-state index contributed by atoms with van der Waals surface area (Å²) in [4.78, 5) is 14.0. The van der Waals surface area contributed by atoms with Crippen molar-refractivity contribution < 1.29 is 9.21 Å². The highest BCUT2D eigenvalue weighted by atomic mass is 32.2. The van der Waals surface area contributed by atoms with Crippen LogP contribution in [0.1, 0.15) is 23.9 Å². The molecule has 1 fully saturated rings. The lowest BCUT2D eigenvalue weighted by Crippen LogP contribution is -2.34. The highest BCUT2D eigenvalue weighted by molar-refractivity contribution is 7.98. The van der Waals surface area contributed by atoms with E-state index in [0.717, 1.165) is 24.6 Å². The summed E-state index contributed by atoms with van der Waals surface area (Å²) in [5, 5.41) is 0.772. The molecular weight excluding hydrogens is 236 g/mol. The van der Waals surface area contributed by atoms with Gasteiger partial charge >= 0.3 is 0 Å². The Morgan fingerprint density at radius 1 is 1.65 bits per heavy atom. The fraction of sp³-hybridized carbons (Fsp3) is 0.583. The molecule has 1 saturated heterocycles. The second kappa shape index (κ2) is 4.74. The van der Waals surface area contributed by atoms with Crippen LogP contribution in [0.15, 0.2) is 21.6 Å². The van der Waals surface area contributed by atoms with Gasteiger partial charge in [0.15, 0.2) is 10.9 Å². The van der Waals surface area contributed by atoms with Gasteiger partial charge in [0, 0.05) is 13.1 Å². The molecule has 1 aliphatic rings. The molecule has 0 spiro atoms. The van der Waals surface area contributed by atoms with Crippen molar-refractivity contribution in [2.24, 2.45) is 11.1 Å². The Balaban J connectivity index is 2.06. The Morgan fingerprint density at radius 3 is 2.94 bits per heavy atom. The molecular formula is C12H18N2O2S. The topological polar surface area (TPSA) is 59.5 Å². The number of nitrogens with two attached hydrogens (primary N) is 1. The minimum atomic E-state index is -0.0255. The third-order valence-corrected chi connectivity index (χ3v) is 3.95. The number of hydrogen-bond donors (Lipinski definition) is 1. The molecule has 1 atom stereocenters. The van der Waals surface area contributed by atoms with Crippen molar-refractivity contribution in [1.82, 2.24) is 4.90 Å². The molecule has 17 heavy (non-hydrogen) atoms. The van der Waals surface area contributed by atoms with Crippen LogP contribution >= 0.6 is 11.8 Å². The van der Waals surface area contributed by atoms with E-state index in [9.17, 15) is 4.79 Å². The number of thioether (sulfide) groups is 1. The molecule has 0 aromatic carbocycles. The Labute approximate surface area is 106 Å². The zero-order valence-electron chi connectivity index (χ0n) is 10.2. The molecule has 1 aliphatic heterocycles. The molecule has 1 unspecified atom stereocenters. The lowest BCUT2D eigenvalue weighted by Gasteiger charge is -2.21. The van der Waals surface area contributed by atoms with E-state index >= 15 is 0 Å². The molecule has 2 heterocycles. The van der Waals surface area contributed by atoms with Gasteiger partial charge in [-0.3, -0.25) is 4.79 Å². The maximum absolute atomic E-state index is 12.2. The number of carbonyl (C=O) groups excluding carboxylic acids is 1. The van der Waals surface area contributed by atoms with Crippen LogP contribution in [0.25, 0.3) is 0 Å². The highest BCUT2D eigenvalue weighted by Crippen LogP contribution is 2.30. The van der Waals surface area contributed by atoms with E-state index in [1.807, 2.05) is 17.2 Å². The van der Waals surface area contributed by atoms with Crippen LogP contribution in [0.2, 0.25) is 0 Å². The molecule has 0 bridgehead atoms. The first-order valence-electron chi connectivity index (χ1n) is 5.71. The normalized spacial score (nSPS) is 24.3. The summed E-state index contributed by atoms with van der Waals surface area (Å²) < 4.78 is 5.45. The summed E-state index contributed by atoms with van der Waals surface area (Å²) in [6.07, 6.45) is 2.89. The van der Waals surface area contributed by atoms with Crippen LogP contribution in [-0.2, 0) is 0 Å². The SMILES string of the molecule is CSc1ccc(C(=O)N2CCC(C)(CN)C2)o1. The summed E-state index contributed by atoms with van der Waals surface area (Å²) in [6.45, 7) is 4.22. The van der Waals surface area contributed by atoms with E-state index < -0.39 is 0 Å². The van der Waals surface area contributed by atoms with Gasteiger partial charge in [0.05, 0.1) is 0 Å². The number of hydrogen-bond acceptors (Lipinski definition) is 4. The Bertz CT molecular complexity index is 418. The van der Waals surface area contributed by atoms with Crippen molar-refractivity contribution in [3.8, 4) is 0 Å². The first-order valence-corrected chi connectivity index (χ1v) is 6.94. The number of rotatable bonds is 3. The third-order valence-electron chi connectivity index (χ3n) is 3.33. The van der Waals surface area contributed by atoms with Gasteiger partial charge in [0.25, 0.3) is 5.91 Å². The van der Waals surface area contributed by atoms with Gasteiger partial charge in [-0.2, -0.15) is 0 Å². The van der Waals surface area contributed by atoms with E-state index in [1.165, 1.54) is 11.8 Å². The smallest absolute Gasteiger partial charge is 0.289 e. The largest absolute Gasteiger partial charge is 0.445 e. The molecule has 94 valence electrons. The van der Waals surface area contributed by atoms with Crippen LogP contribution in [-0.4, -0.2) is 36.7 Å². The van der Waals surface area contributed by atoms with Crippen molar-refractivity contribution in [3.63, 3.8) is 0 Å². The minimum absolute atomic E-state index is 0.0255. The van der Waals surface area contributed by atoms with Gasteiger partial charge in [0.2, 0.25) is 0 Å². The summed E-state index contributed by atoms with van der Waals surface area (Å²) in [5.41, 5.74) is 5.79. The van der Waals surface area contributed by atoms with Crippen LogP contribution in [0.3, 0.4) is 0 Å². The molecule has 1 aromatic rings. The van der Waals surface area contributed by atoms with Crippen LogP contribution in [0.4, 0.5) is 0 Å². The van der Waals surface area contributed by atoms with Gasteiger partial charge in [-0.15, -0.1) is 0 Å². The Hall–Kier alpha value is -0.940. The predicted octanol–water partition coefficient (Wildman–Crippen LogP) is 1.81. The third kappa shape index (κ3) is 2.50. The lowest BCUT2D eigenvalue weighted by atomic mass is 9.90. The van der Waals surface area contributed by atoms with Crippen molar-refractivity contribution in [2.75, 3.05) is 25.9 Å². The lowest BCUT2D eigenvalue weighted by molar-refractivity contribution is 0.0740. The summed E-state index contributed by atoms with van der Waals surface area (Å²) in [7, 11) is 0. The minimum Gasteiger partial charge on any atom is -0.445 e. The number of nitrogens with zero attached hydrogens (tertiary/aromatic N) is 1. The van der Waals surface area contributed by atoms with Crippen molar-refractivity contribution >= 4 is 17.7 Å². The standard InChI is InChI=1S/C12H18N2O2S/c1-12(7-13)5-6-14(8-12)11(15)9-3-4-10(16-9)17-2/h3-4H,5-8,13H2,1-2H3. The molecule has 2 N–H and O–H groups in total. The number of likely N-dealkylation sites (tertiary alicyclic amines) is 1. The average Bonchev–Trinajstić information content (AvgIpc) is 2.95. The molecule has 1 aromatic heterocycles. The summed E-state index contributed by atoms with van der Waals surface area (Å²) in [6, 6.07) is 3.57. The zero-order chi connectivity index (χ0) is 12.5. The van der Waals surface area contributed by atoms with E-state index in [1.54, 1.807) is 6.07 Å². The maximum Gasteiger partial charge on any atom is 0.289 e. The number of amides is 1. The van der Waals surface area contributed by atoms with Crippen molar-refractivity contribution in [3.05, 3.63) is 17.9 Å². The van der Waals surface area contributed by atoms with Crippen molar-refractivity contribution in [2.45, 2.75) is 18.4 Å². The molecule has 0 aliphatic carbocycles. The monoisotopic (exact) mass is 254 g/mol. The summed E-state index contributed by atoms with van der Waals surface area (Å²) in [5.74, 6) is 0.401. The summed E-state index contributed by atoms with van der Waals surface area (Å²) >= 11 is 1.50. The van der Waals surface area contributed by atoms with Crippen molar-refractivity contribution in [1.29, 1.82) is 0 Å². The number of furan rings is 1. The maximum atomic E-state index is 12.2. The van der Waals surface area contributed by atoms with E-state index in [4.69, 9.17) is 10.2 Å². The average molecular weight is 254 g/mol.